The molecule has 1 aliphatic rings. The van der Waals surface area contributed by atoms with Crippen molar-refractivity contribution in [3.63, 3.8) is 0 Å². The lowest BCUT2D eigenvalue weighted by molar-refractivity contribution is -0.384. The van der Waals surface area contributed by atoms with E-state index in [4.69, 9.17) is 17.0 Å². The molecule has 1 aliphatic heterocycles. The normalized spacial score (nSPS) is 15.4. The van der Waals surface area contributed by atoms with Crippen molar-refractivity contribution < 1.29 is 14.5 Å². The predicted octanol–water partition coefficient (Wildman–Crippen LogP) is 4.79. The van der Waals surface area contributed by atoms with Crippen LogP contribution in [0, 0.1) is 10.1 Å². The summed E-state index contributed by atoms with van der Waals surface area (Å²) in [5, 5.41) is 10.8. The fourth-order valence-corrected chi connectivity index (χ4v) is 3.74. The second-order valence-corrected chi connectivity index (χ2v) is 7.38. The molecule has 1 amide bonds. The second kappa shape index (κ2) is 8.32. The number of carbonyl (C=O) groups excluding carboxylic acids is 1. The van der Waals surface area contributed by atoms with Crippen molar-refractivity contribution in [3.05, 3.63) is 69.1 Å². The molecule has 0 saturated carbocycles. The zero-order valence-corrected chi connectivity index (χ0v) is 16.1. The minimum absolute atomic E-state index is 0.0369. The fourth-order valence-electron chi connectivity index (χ4n) is 2.45. The monoisotopic (exact) mass is 400 g/mol. The number of ether oxygens (including phenoxy) is 1. The quantitative estimate of drug-likeness (QED) is 0.300. The van der Waals surface area contributed by atoms with Crippen LogP contribution in [-0.2, 0) is 4.79 Å². The van der Waals surface area contributed by atoms with Crippen LogP contribution in [0.5, 0.6) is 5.75 Å². The molecule has 8 heteroatoms. The van der Waals surface area contributed by atoms with Crippen LogP contribution >= 0.6 is 24.0 Å². The maximum Gasteiger partial charge on any atom is 0.270 e. The van der Waals surface area contributed by atoms with E-state index in [0.717, 1.165) is 17.7 Å². The number of nitrogens with zero attached hydrogens (tertiary/aromatic N) is 2. The summed E-state index contributed by atoms with van der Waals surface area (Å²) in [7, 11) is 0. The number of nitro benzene ring substituents is 1. The van der Waals surface area contributed by atoms with E-state index in [0.29, 0.717) is 21.5 Å². The van der Waals surface area contributed by atoms with Gasteiger partial charge in [0, 0.05) is 12.1 Å². The number of thioether (sulfide) groups is 1. The third-order valence-corrected chi connectivity index (χ3v) is 5.07. The number of nitro groups is 1. The Hall–Kier alpha value is -2.71. The molecule has 2 aromatic carbocycles. The zero-order chi connectivity index (χ0) is 19.4. The molecule has 138 valence electrons. The Balaban J connectivity index is 1.78. The van der Waals surface area contributed by atoms with Gasteiger partial charge in [-0.1, -0.05) is 43.0 Å². The van der Waals surface area contributed by atoms with Crippen molar-refractivity contribution in [1.29, 1.82) is 0 Å². The average Bonchev–Trinajstić information content (AvgIpc) is 2.94. The Morgan fingerprint density at radius 3 is 2.44 bits per heavy atom. The fraction of sp³-hybridized carbons (Fsp3) is 0.158. The molecule has 0 atom stereocenters. The molecule has 2 aromatic rings. The van der Waals surface area contributed by atoms with Gasteiger partial charge >= 0.3 is 0 Å². The lowest BCUT2D eigenvalue weighted by atomic mass is 10.2. The van der Waals surface area contributed by atoms with E-state index in [1.54, 1.807) is 6.08 Å². The van der Waals surface area contributed by atoms with Gasteiger partial charge in [-0.25, -0.2) is 0 Å². The zero-order valence-electron chi connectivity index (χ0n) is 14.5. The maximum absolute atomic E-state index is 12.7. The van der Waals surface area contributed by atoms with Crippen molar-refractivity contribution in [3.8, 4) is 5.75 Å². The molecular weight excluding hydrogens is 384 g/mol. The summed E-state index contributed by atoms with van der Waals surface area (Å²) in [6, 6.07) is 13.2. The molecule has 6 nitrogen and oxygen atoms in total. The number of hydrogen-bond acceptors (Lipinski definition) is 6. The number of rotatable bonds is 6. The highest BCUT2D eigenvalue weighted by molar-refractivity contribution is 8.27. The summed E-state index contributed by atoms with van der Waals surface area (Å²) in [6.45, 7) is 2.70. The SMILES string of the molecule is CCCOc1ccc(C=C2SC(=S)N(c3ccc([N+](=O)[O-])cc3)C2=O)cc1. The first-order valence-corrected chi connectivity index (χ1v) is 9.47. The standard InChI is InChI=1S/C19H16N2O4S2/c1-2-11-25-16-9-3-13(4-10-16)12-17-18(22)20(19(26)27-17)14-5-7-15(8-6-14)21(23)24/h3-10,12H,2,11H2,1H3. The van der Waals surface area contributed by atoms with Gasteiger partial charge < -0.3 is 4.74 Å². The molecular formula is C19H16N2O4S2. The molecule has 0 aromatic heterocycles. The molecule has 0 unspecified atom stereocenters. The van der Waals surface area contributed by atoms with Crippen LogP contribution < -0.4 is 9.64 Å². The third kappa shape index (κ3) is 4.35. The van der Waals surface area contributed by atoms with Gasteiger partial charge in [-0.2, -0.15) is 0 Å². The Labute approximate surface area is 166 Å². The van der Waals surface area contributed by atoms with Crippen LogP contribution in [0.15, 0.2) is 53.4 Å². The summed E-state index contributed by atoms with van der Waals surface area (Å²) in [6.07, 6.45) is 2.71. The van der Waals surface area contributed by atoms with Crippen LogP contribution in [-0.4, -0.2) is 21.8 Å². The minimum Gasteiger partial charge on any atom is -0.494 e. The van der Waals surface area contributed by atoms with Crippen LogP contribution in [0.2, 0.25) is 0 Å². The molecule has 0 N–H and O–H groups in total. The largest absolute Gasteiger partial charge is 0.494 e. The molecule has 0 radical (unpaired) electrons. The predicted molar refractivity (Wildman–Crippen MR) is 111 cm³/mol. The van der Waals surface area contributed by atoms with Crippen molar-refractivity contribution in [2.45, 2.75) is 13.3 Å². The highest BCUT2D eigenvalue weighted by atomic mass is 32.2. The molecule has 3 rings (SSSR count). The third-order valence-electron chi connectivity index (χ3n) is 3.76. The van der Waals surface area contributed by atoms with E-state index in [1.165, 1.54) is 40.9 Å². The van der Waals surface area contributed by atoms with E-state index in [9.17, 15) is 14.9 Å². The minimum atomic E-state index is -0.484. The number of non-ortho nitro benzene ring substituents is 1. The number of benzene rings is 2. The van der Waals surface area contributed by atoms with Gasteiger partial charge in [0.05, 0.1) is 22.1 Å². The highest BCUT2D eigenvalue weighted by Crippen LogP contribution is 2.36. The Kier molecular flexibility index (Phi) is 5.88. The number of hydrogen-bond donors (Lipinski definition) is 0. The van der Waals surface area contributed by atoms with E-state index in [1.807, 2.05) is 31.2 Å². The summed E-state index contributed by atoms with van der Waals surface area (Å²) in [5.74, 6) is 0.539. The van der Waals surface area contributed by atoms with E-state index >= 15 is 0 Å². The lowest BCUT2D eigenvalue weighted by Gasteiger charge is -2.13. The number of carbonyl (C=O) groups is 1. The Morgan fingerprint density at radius 1 is 1.19 bits per heavy atom. The van der Waals surface area contributed by atoms with Crippen LogP contribution in [0.1, 0.15) is 18.9 Å². The van der Waals surface area contributed by atoms with E-state index < -0.39 is 4.92 Å². The Morgan fingerprint density at radius 2 is 1.85 bits per heavy atom. The van der Waals surface area contributed by atoms with Gasteiger partial charge in [-0.15, -0.1) is 0 Å². The summed E-state index contributed by atoms with van der Waals surface area (Å²) in [4.78, 5) is 24.9. The van der Waals surface area contributed by atoms with Crippen LogP contribution in [0.3, 0.4) is 0 Å². The number of anilines is 1. The first kappa shape index (κ1) is 19.1. The highest BCUT2D eigenvalue weighted by Gasteiger charge is 2.33. The summed E-state index contributed by atoms with van der Waals surface area (Å²) >= 11 is 6.52. The van der Waals surface area contributed by atoms with E-state index in [2.05, 4.69) is 0 Å². The molecule has 27 heavy (non-hydrogen) atoms. The van der Waals surface area contributed by atoms with Crippen LogP contribution in [0.4, 0.5) is 11.4 Å². The van der Waals surface area contributed by atoms with Crippen molar-refractivity contribution in [1.82, 2.24) is 0 Å². The molecule has 1 heterocycles. The summed E-state index contributed by atoms with van der Waals surface area (Å²) < 4.78 is 5.94. The first-order chi connectivity index (χ1) is 13.0. The average molecular weight is 400 g/mol. The van der Waals surface area contributed by atoms with Gasteiger partial charge in [0.1, 0.15) is 5.75 Å². The van der Waals surface area contributed by atoms with Crippen LogP contribution in [0.25, 0.3) is 6.08 Å². The smallest absolute Gasteiger partial charge is 0.270 e. The molecule has 0 spiro atoms. The maximum atomic E-state index is 12.7. The molecule has 1 fully saturated rings. The van der Waals surface area contributed by atoms with Gasteiger partial charge in [0.25, 0.3) is 11.6 Å². The Bertz CT molecular complexity index is 908. The topological polar surface area (TPSA) is 72.7 Å². The first-order valence-electron chi connectivity index (χ1n) is 8.25. The lowest BCUT2D eigenvalue weighted by Crippen LogP contribution is -2.27. The van der Waals surface area contributed by atoms with Gasteiger partial charge in [0.15, 0.2) is 4.32 Å². The van der Waals surface area contributed by atoms with E-state index in [-0.39, 0.29) is 11.6 Å². The van der Waals surface area contributed by atoms with Gasteiger partial charge in [-0.05, 0) is 42.3 Å². The number of thiocarbonyl (C=S) groups is 1. The molecule has 0 bridgehead atoms. The van der Waals surface area contributed by atoms with Crippen molar-refractivity contribution in [2.75, 3.05) is 11.5 Å². The van der Waals surface area contributed by atoms with Crippen molar-refractivity contribution in [2.24, 2.45) is 0 Å². The molecule has 1 saturated heterocycles. The second-order valence-electron chi connectivity index (χ2n) is 5.71. The van der Waals surface area contributed by atoms with Crippen molar-refractivity contribution >= 4 is 51.7 Å². The summed E-state index contributed by atoms with van der Waals surface area (Å²) in [5.41, 5.74) is 1.34. The number of amides is 1. The van der Waals surface area contributed by atoms with Gasteiger partial charge in [-0.3, -0.25) is 19.8 Å². The van der Waals surface area contributed by atoms with Gasteiger partial charge in [0.2, 0.25) is 0 Å². The molecule has 0 aliphatic carbocycles.